The molecule has 0 radical (unpaired) electrons. The van der Waals surface area contributed by atoms with E-state index in [4.69, 9.17) is 9.15 Å². The maximum atomic E-state index is 5.86. The van der Waals surface area contributed by atoms with Gasteiger partial charge in [0.2, 0.25) is 11.7 Å². The van der Waals surface area contributed by atoms with Gasteiger partial charge in [0.05, 0.1) is 12.3 Å². The zero-order valence-electron chi connectivity index (χ0n) is 15.0. The molecule has 1 aromatic carbocycles. The Hall–Kier alpha value is -2.58. The van der Waals surface area contributed by atoms with Gasteiger partial charge < -0.3 is 9.15 Å². The van der Waals surface area contributed by atoms with Crippen LogP contribution in [-0.4, -0.2) is 49.8 Å². The van der Waals surface area contributed by atoms with Crippen LogP contribution in [-0.2, 0) is 17.8 Å². The second kappa shape index (κ2) is 7.35. The average Bonchev–Trinajstić information content (AvgIpc) is 3.23. The zero-order chi connectivity index (χ0) is 17.9. The van der Waals surface area contributed by atoms with Crippen molar-refractivity contribution in [3.05, 3.63) is 59.1 Å². The lowest BCUT2D eigenvalue weighted by atomic mass is 10.2. The minimum atomic E-state index is -0.172. The molecule has 1 atom stereocenters. The highest BCUT2D eigenvalue weighted by molar-refractivity contribution is 5.14. The Bertz CT molecular complexity index is 840. The van der Waals surface area contributed by atoms with Gasteiger partial charge in [-0.05, 0) is 24.6 Å². The summed E-state index contributed by atoms with van der Waals surface area (Å²) in [5.74, 6) is 1.99. The largest absolute Gasteiger partial charge is 0.444 e. The minimum absolute atomic E-state index is 0.172. The van der Waals surface area contributed by atoms with E-state index in [0.29, 0.717) is 24.9 Å². The van der Waals surface area contributed by atoms with Crippen molar-refractivity contribution in [1.29, 1.82) is 0 Å². The molecule has 8 heteroatoms. The Kier molecular flexibility index (Phi) is 4.77. The summed E-state index contributed by atoms with van der Waals surface area (Å²) in [6.07, 6.45) is -0.172. The molecule has 3 aromatic rings. The van der Waals surface area contributed by atoms with Crippen molar-refractivity contribution in [1.82, 2.24) is 30.1 Å². The van der Waals surface area contributed by atoms with Crippen LogP contribution >= 0.6 is 0 Å². The minimum Gasteiger partial charge on any atom is -0.444 e. The van der Waals surface area contributed by atoms with E-state index in [1.165, 1.54) is 10.4 Å². The van der Waals surface area contributed by atoms with E-state index >= 15 is 0 Å². The number of benzene rings is 1. The highest BCUT2D eigenvalue weighted by atomic mass is 16.5. The third-order valence-electron chi connectivity index (χ3n) is 4.51. The average molecular weight is 354 g/mol. The van der Waals surface area contributed by atoms with Crippen LogP contribution in [0.5, 0.6) is 0 Å². The molecular formula is C18H22N6O2. The molecule has 26 heavy (non-hydrogen) atoms. The first-order chi connectivity index (χ1) is 12.7. The molecule has 0 bridgehead atoms. The van der Waals surface area contributed by atoms with Crippen LogP contribution in [0.1, 0.15) is 34.8 Å². The molecule has 0 saturated carbocycles. The van der Waals surface area contributed by atoms with Crippen molar-refractivity contribution in [2.45, 2.75) is 33.0 Å². The lowest BCUT2D eigenvalue weighted by molar-refractivity contribution is -0.0373. The summed E-state index contributed by atoms with van der Waals surface area (Å²) in [6, 6.07) is 10.4. The van der Waals surface area contributed by atoms with Crippen molar-refractivity contribution in [2.75, 3.05) is 19.7 Å². The summed E-state index contributed by atoms with van der Waals surface area (Å²) in [5.41, 5.74) is 2.17. The highest BCUT2D eigenvalue weighted by Gasteiger charge is 2.26. The molecule has 2 aromatic heterocycles. The van der Waals surface area contributed by atoms with Crippen LogP contribution in [0.4, 0.5) is 0 Å². The van der Waals surface area contributed by atoms with Gasteiger partial charge in [0.1, 0.15) is 18.4 Å². The monoisotopic (exact) mass is 354 g/mol. The number of morpholine rings is 1. The third kappa shape index (κ3) is 3.81. The van der Waals surface area contributed by atoms with Crippen LogP contribution < -0.4 is 0 Å². The number of aryl methyl sites for hydroxylation is 2. The number of hydrogen-bond donors (Lipinski definition) is 0. The predicted molar refractivity (Wildman–Crippen MR) is 93.3 cm³/mol. The normalized spacial score (nSPS) is 18.3. The van der Waals surface area contributed by atoms with E-state index in [2.05, 4.69) is 49.6 Å². The van der Waals surface area contributed by atoms with Gasteiger partial charge in [-0.2, -0.15) is 4.80 Å². The number of tetrazole rings is 1. The standard InChI is InChI=1S/C18H22N6O2/c1-13-14(2)26-17(19-13)12-24-21-18(20-22-24)16-11-23(8-9-25-16)10-15-6-4-3-5-7-15/h3-7,16H,8-12H2,1-2H3. The van der Waals surface area contributed by atoms with Crippen LogP contribution in [0.2, 0.25) is 0 Å². The zero-order valence-corrected chi connectivity index (χ0v) is 15.0. The Labute approximate surface area is 151 Å². The smallest absolute Gasteiger partial charge is 0.218 e. The molecule has 4 rings (SSSR count). The number of aromatic nitrogens is 5. The summed E-state index contributed by atoms with van der Waals surface area (Å²) >= 11 is 0. The van der Waals surface area contributed by atoms with Crippen LogP contribution in [0.3, 0.4) is 0 Å². The Morgan fingerprint density at radius 1 is 1.15 bits per heavy atom. The molecular weight excluding hydrogens is 332 g/mol. The van der Waals surface area contributed by atoms with E-state index < -0.39 is 0 Å². The van der Waals surface area contributed by atoms with Gasteiger partial charge in [-0.3, -0.25) is 4.90 Å². The molecule has 0 N–H and O–H groups in total. The summed E-state index contributed by atoms with van der Waals surface area (Å²) < 4.78 is 11.4. The van der Waals surface area contributed by atoms with Crippen molar-refractivity contribution >= 4 is 0 Å². The lowest BCUT2D eigenvalue weighted by Crippen LogP contribution is -2.38. The van der Waals surface area contributed by atoms with E-state index in [-0.39, 0.29) is 6.10 Å². The van der Waals surface area contributed by atoms with Crippen LogP contribution in [0, 0.1) is 13.8 Å². The molecule has 1 fully saturated rings. The fourth-order valence-corrected chi connectivity index (χ4v) is 3.02. The fourth-order valence-electron chi connectivity index (χ4n) is 3.02. The molecule has 136 valence electrons. The molecule has 0 spiro atoms. The van der Waals surface area contributed by atoms with E-state index in [9.17, 15) is 0 Å². The topological polar surface area (TPSA) is 82.1 Å². The van der Waals surface area contributed by atoms with Crippen LogP contribution in [0.25, 0.3) is 0 Å². The van der Waals surface area contributed by atoms with E-state index in [1.807, 2.05) is 19.9 Å². The molecule has 1 saturated heterocycles. The van der Waals surface area contributed by atoms with Gasteiger partial charge in [-0.1, -0.05) is 30.3 Å². The van der Waals surface area contributed by atoms with Crippen molar-refractivity contribution in [3.8, 4) is 0 Å². The third-order valence-corrected chi connectivity index (χ3v) is 4.51. The number of rotatable bonds is 5. The SMILES string of the molecule is Cc1nc(Cn2nnc(C3CN(Cc4ccccc4)CCO3)n2)oc1C. The van der Waals surface area contributed by atoms with Crippen molar-refractivity contribution < 1.29 is 9.15 Å². The summed E-state index contributed by atoms with van der Waals surface area (Å²) in [5, 5.41) is 12.7. The Balaban J connectivity index is 1.40. The quantitative estimate of drug-likeness (QED) is 0.692. The van der Waals surface area contributed by atoms with Gasteiger partial charge >= 0.3 is 0 Å². The maximum absolute atomic E-state index is 5.86. The number of nitrogens with zero attached hydrogens (tertiary/aromatic N) is 6. The molecule has 1 aliphatic heterocycles. The fraction of sp³-hybridized carbons (Fsp3) is 0.444. The van der Waals surface area contributed by atoms with Gasteiger partial charge in [0.15, 0.2) is 0 Å². The molecule has 1 unspecified atom stereocenters. The Morgan fingerprint density at radius 2 is 2.00 bits per heavy atom. The van der Waals surface area contributed by atoms with Gasteiger partial charge in [-0.15, -0.1) is 10.2 Å². The summed E-state index contributed by atoms with van der Waals surface area (Å²) in [7, 11) is 0. The number of ether oxygens (including phenoxy) is 1. The predicted octanol–water partition coefficient (Wildman–Crippen LogP) is 1.90. The first-order valence-corrected chi connectivity index (χ1v) is 8.76. The molecule has 3 heterocycles. The first-order valence-electron chi connectivity index (χ1n) is 8.76. The maximum Gasteiger partial charge on any atom is 0.218 e. The van der Waals surface area contributed by atoms with E-state index in [0.717, 1.165) is 31.1 Å². The molecule has 1 aliphatic rings. The number of hydrogen-bond acceptors (Lipinski definition) is 7. The second-order valence-electron chi connectivity index (χ2n) is 6.51. The van der Waals surface area contributed by atoms with Crippen molar-refractivity contribution in [3.63, 3.8) is 0 Å². The first kappa shape index (κ1) is 16.9. The summed E-state index contributed by atoms with van der Waals surface area (Å²) in [4.78, 5) is 8.20. The van der Waals surface area contributed by atoms with Gasteiger partial charge in [-0.25, -0.2) is 4.98 Å². The molecule has 8 nitrogen and oxygen atoms in total. The highest BCUT2D eigenvalue weighted by Crippen LogP contribution is 2.20. The lowest BCUT2D eigenvalue weighted by Gasteiger charge is -2.31. The van der Waals surface area contributed by atoms with Crippen molar-refractivity contribution in [2.24, 2.45) is 0 Å². The van der Waals surface area contributed by atoms with Crippen LogP contribution in [0.15, 0.2) is 34.7 Å². The summed E-state index contributed by atoms with van der Waals surface area (Å²) in [6.45, 7) is 7.37. The molecule has 0 amide bonds. The number of oxazole rings is 1. The molecule has 0 aliphatic carbocycles. The van der Waals surface area contributed by atoms with E-state index in [1.54, 1.807) is 0 Å². The van der Waals surface area contributed by atoms with Gasteiger partial charge in [0, 0.05) is 19.6 Å². The Morgan fingerprint density at radius 3 is 2.77 bits per heavy atom. The van der Waals surface area contributed by atoms with Gasteiger partial charge in [0.25, 0.3) is 0 Å². The second-order valence-corrected chi connectivity index (χ2v) is 6.51.